The van der Waals surface area contributed by atoms with Gasteiger partial charge >= 0.3 is 0 Å². The van der Waals surface area contributed by atoms with Crippen molar-refractivity contribution in [3.8, 4) is 33.9 Å². The monoisotopic (exact) mass is 634 g/mol. The zero-order chi connectivity index (χ0) is 32.9. The van der Waals surface area contributed by atoms with Crippen molar-refractivity contribution in [1.29, 1.82) is 0 Å². The van der Waals surface area contributed by atoms with Gasteiger partial charge in [-0.3, -0.25) is 24.6 Å². The number of fused-ring (bicyclic) bond motifs is 2. The molecule has 7 rings (SSSR count). The summed E-state index contributed by atoms with van der Waals surface area (Å²) in [5, 5.41) is 0.919. The van der Waals surface area contributed by atoms with E-state index < -0.39 is 0 Å². The van der Waals surface area contributed by atoms with Gasteiger partial charge in [-0.25, -0.2) is 0 Å². The molecule has 0 unspecified atom stereocenters. The first-order chi connectivity index (χ1) is 23.5. The number of aromatic nitrogens is 3. The summed E-state index contributed by atoms with van der Waals surface area (Å²) < 4.78 is 18.0. The van der Waals surface area contributed by atoms with E-state index in [2.05, 4.69) is 21.8 Å². The summed E-state index contributed by atoms with van der Waals surface area (Å²) in [7, 11) is 1.66. The molecule has 0 N–H and O–H groups in total. The van der Waals surface area contributed by atoms with Crippen molar-refractivity contribution in [3.05, 3.63) is 160 Å². The fourth-order valence-electron chi connectivity index (χ4n) is 5.97. The molecule has 1 aliphatic carbocycles. The Hall–Kier alpha value is -5.86. The van der Waals surface area contributed by atoms with E-state index in [0.717, 1.165) is 56.2 Å². The number of methoxy groups -OCH3 is 1. The molecule has 0 saturated heterocycles. The quantitative estimate of drug-likeness (QED) is 0.133. The Labute approximate surface area is 278 Å². The van der Waals surface area contributed by atoms with Crippen LogP contribution in [0.3, 0.4) is 0 Å². The molecule has 48 heavy (non-hydrogen) atoms. The van der Waals surface area contributed by atoms with Crippen LogP contribution in [-0.4, -0.2) is 27.0 Å². The summed E-state index contributed by atoms with van der Waals surface area (Å²) in [4.78, 5) is 28.6. The van der Waals surface area contributed by atoms with Gasteiger partial charge in [0.2, 0.25) is 0 Å². The smallest absolute Gasteiger partial charge is 0.182 e. The van der Waals surface area contributed by atoms with Crippen molar-refractivity contribution in [2.75, 3.05) is 7.11 Å². The second kappa shape index (κ2) is 13.9. The predicted octanol–water partition coefficient (Wildman–Crippen LogP) is 7.85. The molecule has 0 fully saturated rings. The van der Waals surface area contributed by atoms with Crippen LogP contribution >= 0.6 is 0 Å². The van der Waals surface area contributed by atoms with Crippen LogP contribution in [-0.2, 0) is 26.2 Å². The van der Waals surface area contributed by atoms with Gasteiger partial charge in [0.05, 0.1) is 29.9 Å². The van der Waals surface area contributed by atoms with Crippen molar-refractivity contribution in [2.45, 2.75) is 33.2 Å². The third-order valence-corrected chi connectivity index (χ3v) is 8.23. The van der Waals surface area contributed by atoms with Crippen LogP contribution in [0.4, 0.5) is 0 Å². The zero-order valence-electron chi connectivity index (χ0n) is 26.8. The van der Waals surface area contributed by atoms with Crippen LogP contribution in [0.5, 0.6) is 11.5 Å². The van der Waals surface area contributed by atoms with Crippen LogP contribution in [0.1, 0.15) is 28.3 Å². The third-order valence-electron chi connectivity index (χ3n) is 8.23. The lowest BCUT2D eigenvalue weighted by molar-refractivity contribution is 0.237. The SMILES string of the molecule is COc1ccc(-c2c3ccc(=O)cc-3oc3cc(OCc4cccc(CN(Cc5ccccn5)Cc5ccccn5)n4)ccc23)c(C)c1. The molecule has 5 aromatic rings. The predicted molar refractivity (Wildman–Crippen MR) is 186 cm³/mol. The minimum Gasteiger partial charge on any atom is -0.497 e. The summed E-state index contributed by atoms with van der Waals surface area (Å²) in [5.41, 5.74) is 8.17. The van der Waals surface area contributed by atoms with Gasteiger partial charge in [0.1, 0.15) is 29.4 Å². The summed E-state index contributed by atoms with van der Waals surface area (Å²) in [5.74, 6) is 1.95. The molecule has 3 aromatic heterocycles. The summed E-state index contributed by atoms with van der Waals surface area (Å²) in [6.07, 6.45) is 3.63. The van der Waals surface area contributed by atoms with Gasteiger partial charge < -0.3 is 13.9 Å². The van der Waals surface area contributed by atoms with E-state index in [1.807, 2.05) is 109 Å². The average molecular weight is 635 g/mol. The van der Waals surface area contributed by atoms with Gasteiger partial charge in [-0.15, -0.1) is 0 Å². The number of benzene rings is 3. The van der Waals surface area contributed by atoms with Crippen molar-refractivity contribution in [2.24, 2.45) is 0 Å². The van der Waals surface area contributed by atoms with Crippen molar-refractivity contribution < 1.29 is 13.9 Å². The van der Waals surface area contributed by atoms with Gasteiger partial charge in [0, 0.05) is 60.7 Å². The van der Waals surface area contributed by atoms with Crippen LogP contribution < -0.4 is 14.9 Å². The Kier molecular flexibility index (Phi) is 8.89. The van der Waals surface area contributed by atoms with E-state index in [0.29, 0.717) is 36.7 Å². The molecular formula is C40H34N4O4. The topological polar surface area (TPSA) is 90.6 Å². The summed E-state index contributed by atoms with van der Waals surface area (Å²) in [6.45, 7) is 4.29. The minimum atomic E-state index is -0.111. The number of nitrogens with zero attached hydrogens (tertiary/aromatic N) is 4. The van der Waals surface area contributed by atoms with Crippen molar-refractivity contribution in [3.63, 3.8) is 0 Å². The molecule has 1 aliphatic heterocycles. The highest BCUT2D eigenvalue weighted by Crippen LogP contribution is 2.42. The molecule has 0 radical (unpaired) electrons. The number of ether oxygens (including phenoxy) is 2. The van der Waals surface area contributed by atoms with Gasteiger partial charge in [-0.05, 0) is 90.8 Å². The van der Waals surface area contributed by atoms with E-state index in [4.69, 9.17) is 18.9 Å². The highest BCUT2D eigenvalue weighted by atomic mass is 16.5. The first-order valence-corrected chi connectivity index (χ1v) is 15.8. The van der Waals surface area contributed by atoms with Crippen LogP contribution in [0.2, 0.25) is 0 Å². The fraction of sp³-hybridized carbons (Fsp3) is 0.150. The maximum absolute atomic E-state index is 12.3. The van der Waals surface area contributed by atoms with E-state index in [9.17, 15) is 4.79 Å². The van der Waals surface area contributed by atoms with E-state index in [1.54, 1.807) is 13.2 Å². The Balaban J connectivity index is 1.14. The van der Waals surface area contributed by atoms with Crippen molar-refractivity contribution >= 4 is 11.0 Å². The van der Waals surface area contributed by atoms with Gasteiger partial charge in [-0.1, -0.05) is 24.3 Å². The van der Waals surface area contributed by atoms with E-state index >= 15 is 0 Å². The normalized spacial score (nSPS) is 11.3. The second-order valence-corrected chi connectivity index (χ2v) is 11.7. The lowest BCUT2D eigenvalue weighted by atomic mass is 9.91. The number of pyridine rings is 3. The van der Waals surface area contributed by atoms with E-state index in [-0.39, 0.29) is 12.0 Å². The van der Waals surface area contributed by atoms with Gasteiger partial charge in [0.15, 0.2) is 5.43 Å². The summed E-state index contributed by atoms with van der Waals surface area (Å²) >= 11 is 0. The number of hydrogen-bond acceptors (Lipinski definition) is 8. The molecule has 8 nitrogen and oxygen atoms in total. The summed E-state index contributed by atoms with van der Waals surface area (Å²) in [6, 6.07) is 34.7. The number of aryl methyl sites for hydroxylation is 1. The molecule has 0 atom stereocenters. The first kappa shape index (κ1) is 30.8. The Morgan fingerprint density at radius 3 is 2.08 bits per heavy atom. The number of hydrogen-bond donors (Lipinski definition) is 0. The lowest BCUT2D eigenvalue weighted by Crippen LogP contribution is -2.24. The Morgan fingerprint density at radius 2 is 1.38 bits per heavy atom. The van der Waals surface area contributed by atoms with Crippen LogP contribution in [0.15, 0.2) is 131 Å². The molecule has 0 amide bonds. The average Bonchev–Trinajstić information content (AvgIpc) is 3.11. The largest absolute Gasteiger partial charge is 0.497 e. The van der Waals surface area contributed by atoms with E-state index in [1.165, 1.54) is 6.07 Å². The van der Waals surface area contributed by atoms with Gasteiger partial charge in [-0.2, -0.15) is 0 Å². The molecule has 4 heterocycles. The molecule has 0 saturated carbocycles. The lowest BCUT2D eigenvalue weighted by Gasteiger charge is -2.21. The molecule has 8 heteroatoms. The minimum absolute atomic E-state index is 0.111. The first-order valence-electron chi connectivity index (χ1n) is 15.8. The Morgan fingerprint density at radius 1 is 0.688 bits per heavy atom. The van der Waals surface area contributed by atoms with Crippen LogP contribution in [0, 0.1) is 6.92 Å². The number of rotatable bonds is 11. The third kappa shape index (κ3) is 6.94. The highest BCUT2D eigenvalue weighted by Gasteiger charge is 2.19. The Bertz CT molecular complexity index is 2160. The fourth-order valence-corrected chi connectivity index (χ4v) is 5.97. The maximum Gasteiger partial charge on any atom is 0.182 e. The van der Waals surface area contributed by atoms with Gasteiger partial charge in [0.25, 0.3) is 0 Å². The maximum atomic E-state index is 12.3. The van der Waals surface area contributed by atoms with Crippen LogP contribution in [0.25, 0.3) is 33.4 Å². The standard InChI is InChI=1S/C40H34N4O4/c1-27-20-33(46-2)13-16-35(27)40-36-15-12-32(45)21-38(36)48-39-22-34(14-17-37(39)40)47-26-31-11-7-10-30(43-31)25-44(23-28-8-3-5-18-41-28)24-29-9-4-6-19-42-29/h3-22H,23-26H2,1-2H3. The molecule has 2 aromatic carbocycles. The molecule has 2 aliphatic rings. The molecule has 0 spiro atoms. The molecule has 0 bridgehead atoms. The molecular weight excluding hydrogens is 600 g/mol. The highest BCUT2D eigenvalue weighted by molar-refractivity contribution is 6.02. The zero-order valence-corrected chi connectivity index (χ0v) is 26.8. The molecule has 238 valence electrons. The van der Waals surface area contributed by atoms with Crippen molar-refractivity contribution in [1.82, 2.24) is 19.9 Å². The second-order valence-electron chi connectivity index (χ2n) is 11.7.